The van der Waals surface area contributed by atoms with Gasteiger partial charge < -0.3 is 15.5 Å². The summed E-state index contributed by atoms with van der Waals surface area (Å²) in [7, 11) is 0. The standard InChI is InChI=1S/C17H20ClNO4/c1-2-3-7-19-17(23)15-10(5-4-6-18)11-8-13(20)14(21)9-12(11)16(15)22/h8-9,20-21H,2-7H2,1H3,(H,19,23). The first-order valence-electron chi connectivity index (χ1n) is 7.69. The molecule has 0 unspecified atom stereocenters. The summed E-state index contributed by atoms with van der Waals surface area (Å²) in [5.74, 6) is -1.12. The number of halogens is 1. The van der Waals surface area contributed by atoms with Gasteiger partial charge in [-0.2, -0.15) is 0 Å². The van der Waals surface area contributed by atoms with Gasteiger partial charge in [0, 0.05) is 18.0 Å². The minimum absolute atomic E-state index is 0.0891. The average Bonchev–Trinajstić information content (AvgIpc) is 2.78. The highest BCUT2D eigenvalue weighted by Gasteiger charge is 2.34. The molecule has 1 aromatic rings. The Bertz CT molecular complexity index is 667. The number of alkyl halides is 1. The van der Waals surface area contributed by atoms with Crippen LogP contribution in [0.3, 0.4) is 0 Å². The third-order valence-electron chi connectivity index (χ3n) is 3.82. The third kappa shape index (κ3) is 3.50. The van der Waals surface area contributed by atoms with Gasteiger partial charge in [-0.05, 0) is 42.5 Å². The molecule has 0 aliphatic heterocycles. The second kappa shape index (κ2) is 7.51. The van der Waals surface area contributed by atoms with E-state index in [4.69, 9.17) is 11.6 Å². The molecule has 124 valence electrons. The van der Waals surface area contributed by atoms with Crippen molar-refractivity contribution < 1.29 is 19.8 Å². The van der Waals surface area contributed by atoms with E-state index in [0.717, 1.165) is 12.8 Å². The van der Waals surface area contributed by atoms with E-state index in [-0.39, 0.29) is 22.6 Å². The minimum Gasteiger partial charge on any atom is -0.504 e. The number of aromatic hydroxyl groups is 2. The molecular formula is C17H20ClNO4. The number of carbonyl (C=O) groups is 2. The van der Waals surface area contributed by atoms with Gasteiger partial charge in [0.05, 0.1) is 5.57 Å². The van der Waals surface area contributed by atoms with Gasteiger partial charge in [-0.25, -0.2) is 0 Å². The number of fused-ring (bicyclic) bond motifs is 1. The maximum Gasteiger partial charge on any atom is 0.255 e. The first-order valence-corrected chi connectivity index (χ1v) is 8.23. The quantitative estimate of drug-likeness (QED) is 0.309. The van der Waals surface area contributed by atoms with Crippen LogP contribution in [0.1, 0.15) is 48.5 Å². The van der Waals surface area contributed by atoms with E-state index in [0.29, 0.717) is 36.4 Å². The van der Waals surface area contributed by atoms with Gasteiger partial charge in [0.2, 0.25) is 0 Å². The van der Waals surface area contributed by atoms with Crippen LogP contribution in [0.15, 0.2) is 17.7 Å². The summed E-state index contributed by atoms with van der Waals surface area (Å²) in [6.45, 7) is 2.52. The fourth-order valence-electron chi connectivity index (χ4n) is 2.63. The van der Waals surface area contributed by atoms with Gasteiger partial charge in [0.25, 0.3) is 5.91 Å². The fraction of sp³-hybridized carbons (Fsp3) is 0.412. The summed E-state index contributed by atoms with van der Waals surface area (Å²) in [6, 6.07) is 2.54. The molecule has 0 saturated carbocycles. The van der Waals surface area contributed by atoms with Gasteiger partial charge in [0.15, 0.2) is 17.3 Å². The molecule has 0 spiro atoms. The van der Waals surface area contributed by atoms with Crippen molar-refractivity contribution in [2.24, 2.45) is 0 Å². The lowest BCUT2D eigenvalue weighted by molar-refractivity contribution is -0.117. The number of rotatable bonds is 7. The lowest BCUT2D eigenvalue weighted by atomic mass is 10.0. The highest BCUT2D eigenvalue weighted by Crippen LogP contribution is 2.41. The number of phenolic OH excluding ortho intramolecular Hbond substituents is 2. The van der Waals surface area contributed by atoms with E-state index in [1.807, 2.05) is 6.92 Å². The highest BCUT2D eigenvalue weighted by atomic mass is 35.5. The smallest absolute Gasteiger partial charge is 0.255 e. The molecule has 0 bridgehead atoms. The lowest BCUT2D eigenvalue weighted by Crippen LogP contribution is -2.28. The maximum absolute atomic E-state index is 12.6. The molecule has 0 saturated heterocycles. The zero-order chi connectivity index (χ0) is 17.0. The van der Waals surface area contributed by atoms with E-state index in [1.165, 1.54) is 12.1 Å². The number of hydrogen-bond donors (Lipinski definition) is 3. The van der Waals surface area contributed by atoms with E-state index in [9.17, 15) is 19.8 Å². The molecule has 3 N–H and O–H groups in total. The molecule has 1 amide bonds. The summed E-state index contributed by atoms with van der Waals surface area (Å²) in [5.41, 5.74) is 1.41. The van der Waals surface area contributed by atoms with Crippen LogP contribution in [0.25, 0.3) is 5.57 Å². The molecule has 0 radical (unpaired) electrons. The van der Waals surface area contributed by atoms with Crippen LogP contribution in [0, 0.1) is 0 Å². The average molecular weight is 338 g/mol. The summed E-state index contributed by atoms with van der Waals surface area (Å²) >= 11 is 5.73. The first kappa shape index (κ1) is 17.3. The SMILES string of the molecule is CCCCNC(=O)C1=C(CCCCl)c2cc(O)c(O)cc2C1=O. The highest BCUT2D eigenvalue weighted by molar-refractivity contribution is 6.34. The Kier molecular flexibility index (Phi) is 5.66. The van der Waals surface area contributed by atoms with Gasteiger partial charge in [-0.1, -0.05) is 13.3 Å². The molecule has 1 aromatic carbocycles. The number of benzene rings is 1. The minimum atomic E-state index is -0.422. The lowest BCUT2D eigenvalue weighted by Gasteiger charge is -2.08. The zero-order valence-corrected chi connectivity index (χ0v) is 13.7. The van der Waals surface area contributed by atoms with Gasteiger partial charge >= 0.3 is 0 Å². The number of carbonyl (C=O) groups excluding carboxylic acids is 2. The van der Waals surface area contributed by atoms with Crippen molar-refractivity contribution in [1.82, 2.24) is 5.32 Å². The Morgan fingerprint density at radius 3 is 2.43 bits per heavy atom. The Hall–Kier alpha value is -2.01. The molecule has 6 heteroatoms. The molecule has 2 rings (SSSR count). The van der Waals surface area contributed by atoms with E-state index in [1.54, 1.807) is 0 Å². The molecule has 0 atom stereocenters. The molecule has 0 fully saturated rings. The predicted octanol–water partition coefficient (Wildman–Crippen LogP) is 2.98. The van der Waals surface area contributed by atoms with Crippen LogP contribution in [-0.2, 0) is 4.79 Å². The van der Waals surface area contributed by atoms with Crippen LogP contribution in [0.4, 0.5) is 0 Å². The normalized spacial score (nSPS) is 13.4. The number of ketones is 1. The number of allylic oxidation sites excluding steroid dienone is 1. The van der Waals surface area contributed by atoms with Crippen molar-refractivity contribution in [3.05, 3.63) is 28.8 Å². The molecule has 23 heavy (non-hydrogen) atoms. The Labute approximate surface area is 140 Å². The first-order chi connectivity index (χ1) is 11.0. The number of Topliss-reactive ketones (excluding diaryl/α,β-unsaturated/α-hetero) is 1. The topological polar surface area (TPSA) is 86.6 Å². The van der Waals surface area contributed by atoms with Gasteiger partial charge in [-0.3, -0.25) is 9.59 Å². The molecule has 1 aliphatic carbocycles. The van der Waals surface area contributed by atoms with Crippen molar-refractivity contribution in [1.29, 1.82) is 0 Å². The Morgan fingerprint density at radius 1 is 1.17 bits per heavy atom. The second-order valence-corrected chi connectivity index (χ2v) is 5.85. The Morgan fingerprint density at radius 2 is 1.83 bits per heavy atom. The van der Waals surface area contributed by atoms with E-state index < -0.39 is 11.7 Å². The molecule has 0 heterocycles. The van der Waals surface area contributed by atoms with Crippen molar-refractivity contribution in [3.63, 3.8) is 0 Å². The molecule has 1 aliphatic rings. The van der Waals surface area contributed by atoms with Crippen molar-refractivity contribution >= 4 is 28.9 Å². The van der Waals surface area contributed by atoms with Crippen LogP contribution < -0.4 is 5.32 Å². The number of hydrogen-bond acceptors (Lipinski definition) is 4. The van der Waals surface area contributed by atoms with E-state index >= 15 is 0 Å². The zero-order valence-electron chi connectivity index (χ0n) is 13.0. The second-order valence-electron chi connectivity index (χ2n) is 5.47. The number of unbranched alkanes of at least 4 members (excludes halogenated alkanes) is 1. The predicted molar refractivity (Wildman–Crippen MR) is 88.9 cm³/mol. The number of amides is 1. The number of phenols is 2. The van der Waals surface area contributed by atoms with Crippen LogP contribution in [0.5, 0.6) is 11.5 Å². The fourth-order valence-corrected chi connectivity index (χ4v) is 2.76. The Balaban J connectivity index is 2.40. The summed E-state index contributed by atoms with van der Waals surface area (Å²) in [5, 5.41) is 22.1. The van der Waals surface area contributed by atoms with Crippen LogP contribution >= 0.6 is 11.6 Å². The monoisotopic (exact) mass is 337 g/mol. The largest absolute Gasteiger partial charge is 0.504 e. The summed E-state index contributed by atoms with van der Waals surface area (Å²) in [4.78, 5) is 25.0. The van der Waals surface area contributed by atoms with Crippen molar-refractivity contribution in [3.8, 4) is 11.5 Å². The molecule has 5 nitrogen and oxygen atoms in total. The summed E-state index contributed by atoms with van der Waals surface area (Å²) < 4.78 is 0. The van der Waals surface area contributed by atoms with Crippen molar-refractivity contribution in [2.45, 2.75) is 32.6 Å². The van der Waals surface area contributed by atoms with Gasteiger partial charge in [0.1, 0.15) is 0 Å². The van der Waals surface area contributed by atoms with Crippen LogP contribution in [0.2, 0.25) is 0 Å². The maximum atomic E-state index is 12.6. The van der Waals surface area contributed by atoms with E-state index in [2.05, 4.69) is 5.32 Å². The van der Waals surface area contributed by atoms with Gasteiger partial charge in [-0.15, -0.1) is 11.6 Å². The van der Waals surface area contributed by atoms with Crippen LogP contribution in [-0.4, -0.2) is 34.3 Å². The van der Waals surface area contributed by atoms with Crippen molar-refractivity contribution in [2.75, 3.05) is 12.4 Å². The number of nitrogens with one attached hydrogen (secondary N) is 1. The molecule has 0 aromatic heterocycles. The molecular weight excluding hydrogens is 318 g/mol. The third-order valence-corrected chi connectivity index (χ3v) is 4.08. The summed E-state index contributed by atoms with van der Waals surface area (Å²) in [6.07, 6.45) is 2.84.